The molecule has 1 heterocycles. The lowest BCUT2D eigenvalue weighted by atomic mass is 9.98. The van der Waals surface area contributed by atoms with Gasteiger partial charge in [0.1, 0.15) is 0 Å². The van der Waals surface area contributed by atoms with Gasteiger partial charge in [-0.3, -0.25) is 4.79 Å². The highest BCUT2D eigenvalue weighted by Crippen LogP contribution is 2.19. The number of benzene rings is 1. The fourth-order valence-electron chi connectivity index (χ4n) is 2.73. The maximum Gasteiger partial charge on any atom is 0.237 e. The molecule has 1 aromatic rings. The quantitative estimate of drug-likeness (QED) is 0.874. The molecule has 4 nitrogen and oxygen atoms in total. The smallest absolute Gasteiger partial charge is 0.237 e. The Morgan fingerprint density at radius 1 is 1.32 bits per heavy atom. The van der Waals surface area contributed by atoms with E-state index in [1.54, 1.807) is 0 Å². The molecule has 2 unspecified atom stereocenters. The van der Waals surface area contributed by atoms with Crippen molar-refractivity contribution in [1.82, 2.24) is 5.32 Å². The van der Waals surface area contributed by atoms with Gasteiger partial charge in [0.2, 0.25) is 5.91 Å². The van der Waals surface area contributed by atoms with Crippen molar-refractivity contribution < 1.29 is 4.79 Å². The van der Waals surface area contributed by atoms with Crippen LogP contribution in [-0.2, 0) is 4.79 Å². The minimum Gasteiger partial charge on any atom is -0.371 e. The summed E-state index contributed by atoms with van der Waals surface area (Å²) >= 11 is 0. The molecule has 1 aromatic carbocycles. The molecule has 1 aliphatic rings. The van der Waals surface area contributed by atoms with Gasteiger partial charge >= 0.3 is 0 Å². The van der Waals surface area contributed by atoms with E-state index in [1.807, 2.05) is 13.0 Å². The van der Waals surface area contributed by atoms with Gasteiger partial charge < -0.3 is 16.0 Å². The Morgan fingerprint density at radius 3 is 2.45 bits per heavy atom. The maximum absolute atomic E-state index is 12.1. The van der Waals surface area contributed by atoms with Crippen LogP contribution in [0.25, 0.3) is 0 Å². The highest BCUT2D eigenvalue weighted by molar-refractivity contribution is 5.85. The normalized spacial score (nSPS) is 18.2. The number of anilines is 1. The molecule has 1 amide bonds. The second-order valence-corrected chi connectivity index (χ2v) is 6.02. The van der Waals surface area contributed by atoms with Crippen LogP contribution in [0.5, 0.6) is 0 Å². The molecule has 0 spiro atoms. The van der Waals surface area contributed by atoms with Gasteiger partial charge in [-0.15, -0.1) is 12.4 Å². The van der Waals surface area contributed by atoms with Crippen molar-refractivity contribution in [3.63, 3.8) is 0 Å². The molecule has 1 saturated heterocycles. The van der Waals surface area contributed by atoms with E-state index < -0.39 is 0 Å². The van der Waals surface area contributed by atoms with E-state index in [0.29, 0.717) is 0 Å². The number of carbonyl (C=O) groups excluding carboxylic acids is 1. The highest BCUT2D eigenvalue weighted by atomic mass is 35.5. The fourth-order valence-corrected chi connectivity index (χ4v) is 2.73. The summed E-state index contributed by atoms with van der Waals surface area (Å²) in [7, 11) is 0. The van der Waals surface area contributed by atoms with Crippen LogP contribution in [0.1, 0.15) is 33.1 Å². The average molecular weight is 326 g/mol. The van der Waals surface area contributed by atoms with Gasteiger partial charge in [0.05, 0.1) is 6.04 Å². The van der Waals surface area contributed by atoms with E-state index in [4.69, 9.17) is 5.73 Å². The molecule has 5 heteroatoms. The SMILES string of the molecule is CCC(C)C(N)C(=O)NC1CCN(c2ccccc2)CC1.Cl. The van der Waals surface area contributed by atoms with Crippen LogP contribution in [0.3, 0.4) is 0 Å². The molecule has 0 aromatic heterocycles. The molecule has 0 radical (unpaired) electrons. The fraction of sp³-hybridized carbons (Fsp3) is 0.588. The van der Waals surface area contributed by atoms with E-state index >= 15 is 0 Å². The predicted molar refractivity (Wildman–Crippen MR) is 94.5 cm³/mol. The van der Waals surface area contributed by atoms with Gasteiger partial charge in [-0.2, -0.15) is 0 Å². The Morgan fingerprint density at radius 2 is 1.91 bits per heavy atom. The van der Waals surface area contributed by atoms with Gasteiger partial charge in [0.15, 0.2) is 0 Å². The summed E-state index contributed by atoms with van der Waals surface area (Å²) in [4.78, 5) is 14.5. The van der Waals surface area contributed by atoms with Crippen molar-refractivity contribution in [1.29, 1.82) is 0 Å². The number of carbonyl (C=O) groups is 1. The minimum atomic E-state index is -0.387. The van der Waals surface area contributed by atoms with Crippen LogP contribution in [0.15, 0.2) is 30.3 Å². The molecule has 1 aliphatic heterocycles. The lowest BCUT2D eigenvalue weighted by Crippen LogP contribution is -2.51. The van der Waals surface area contributed by atoms with Crippen molar-refractivity contribution in [2.75, 3.05) is 18.0 Å². The maximum atomic E-state index is 12.1. The van der Waals surface area contributed by atoms with E-state index in [-0.39, 0.29) is 36.3 Å². The van der Waals surface area contributed by atoms with Crippen molar-refractivity contribution in [3.05, 3.63) is 30.3 Å². The summed E-state index contributed by atoms with van der Waals surface area (Å²) in [6, 6.07) is 10.3. The Labute approximate surface area is 139 Å². The third-order valence-electron chi connectivity index (χ3n) is 4.52. The van der Waals surface area contributed by atoms with E-state index in [0.717, 1.165) is 32.4 Å². The Kier molecular flexibility index (Phi) is 7.69. The molecule has 1 fully saturated rings. The van der Waals surface area contributed by atoms with Crippen molar-refractivity contribution in [3.8, 4) is 0 Å². The summed E-state index contributed by atoms with van der Waals surface area (Å²) in [5, 5.41) is 3.12. The Bertz CT molecular complexity index is 446. The zero-order chi connectivity index (χ0) is 15.2. The van der Waals surface area contributed by atoms with Gasteiger partial charge in [0, 0.05) is 24.8 Å². The molecule has 0 bridgehead atoms. The second-order valence-electron chi connectivity index (χ2n) is 6.02. The van der Waals surface area contributed by atoms with Crippen LogP contribution < -0.4 is 16.0 Å². The van der Waals surface area contributed by atoms with Crippen LogP contribution in [0.2, 0.25) is 0 Å². The number of amides is 1. The third kappa shape index (κ3) is 4.89. The van der Waals surface area contributed by atoms with Gasteiger partial charge in [-0.1, -0.05) is 38.5 Å². The summed E-state index contributed by atoms with van der Waals surface area (Å²) < 4.78 is 0. The molecule has 0 aliphatic carbocycles. The van der Waals surface area contributed by atoms with E-state index in [1.165, 1.54) is 5.69 Å². The van der Waals surface area contributed by atoms with Crippen LogP contribution in [0.4, 0.5) is 5.69 Å². The second kappa shape index (κ2) is 9.01. The molecule has 124 valence electrons. The molecule has 3 N–H and O–H groups in total. The number of hydrogen-bond acceptors (Lipinski definition) is 3. The summed E-state index contributed by atoms with van der Waals surface area (Å²) in [5.74, 6) is 0.233. The standard InChI is InChI=1S/C17H27N3O.ClH/c1-3-13(2)16(18)17(21)19-14-9-11-20(12-10-14)15-7-5-4-6-8-15;/h4-8,13-14,16H,3,9-12,18H2,1-2H3,(H,19,21);1H. The van der Waals surface area contributed by atoms with Crippen molar-refractivity contribution >= 4 is 24.0 Å². The van der Waals surface area contributed by atoms with Gasteiger partial charge in [0.25, 0.3) is 0 Å². The zero-order valence-electron chi connectivity index (χ0n) is 13.5. The third-order valence-corrected chi connectivity index (χ3v) is 4.52. The number of rotatable bonds is 5. The van der Waals surface area contributed by atoms with Crippen LogP contribution in [-0.4, -0.2) is 31.1 Å². The predicted octanol–water partition coefficient (Wildman–Crippen LogP) is 2.57. The Balaban J connectivity index is 0.00000242. The first kappa shape index (κ1) is 18.8. The summed E-state index contributed by atoms with van der Waals surface area (Å²) in [6.07, 6.45) is 2.89. The number of piperidine rings is 1. The first-order chi connectivity index (χ1) is 10.1. The first-order valence-corrected chi connectivity index (χ1v) is 7.97. The number of nitrogens with one attached hydrogen (secondary N) is 1. The summed E-state index contributed by atoms with van der Waals surface area (Å²) in [5.41, 5.74) is 7.25. The van der Waals surface area contributed by atoms with Gasteiger partial charge in [-0.05, 0) is 30.9 Å². The topological polar surface area (TPSA) is 58.4 Å². The molecule has 22 heavy (non-hydrogen) atoms. The zero-order valence-corrected chi connectivity index (χ0v) is 14.3. The van der Waals surface area contributed by atoms with Crippen molar-refractivity contribution in [2.45, 2.75) is 45.2 Å². The lowest BCUT2D eigenvalue weighted by Gasteiger charge is -2.34. The van der Waals surface area contributed by atoms with E-state index in [9.17, 15) is 4.79 Å². The van der Waals surface area contributed by atoms with Crippen LogP contribution in [0, 0.1) is 5.92 Å². The monoisotopic (exact) mass is 325 g/mol. The average Bonchev–Trinajstić information content (AvgIpc) is 2.54. The Hall–Kier alpha value is -1.26. The molecular formula is C17H28ClN3O. The van der Waals surface area contributed by atoms with Crippen molar-refractivity contribution in [2.24, 2.45) is 11.7 Å². The number of nitrogens with zero attached hydrogens (tertiary/aromatic N) is 1. The lowest BCUT2D eigenvalue weighted by molar-refractivity contribution is -0.124. The highest BCUT2D eigenvalue weighted by Gasteiger charge is 2.25. The minimum absolute atomic E-state index is 0. The molecule has 2 rings (SSSR count). The van der Waals surface area contributed by atoms with Gasteiger partial charge in [-0.25, -0.2) is 0 Å². The molecular weight excluding hydrogens is 298 g/mol. The number of para-hydroxylation sites is 1. The molecule has 0 saturated carbocycles. The van der Waals surface area contributed by atoms with Crippen LogP contribution >= 0.6 is 12.4 Å². The van der Waals surface area contributed by atoms with E-state index in [2.05, 4.69) is 41.4 Å². The largest absolute Gasteiger partial charge is 0.371 e. The first-order valence-electron chi connectivity index (χ1n) is 7.97. The molecule has 2 atom stereocenters. The summed E-state index contributed by atoms with van der Waals surface area (Å²) in [6.45, 7) is 6.06. The number of halogens is 1. The number of nitrogens with two attached hydrogens (primary N) is 1. The number of hydrogen-bond donors (Lipinski definition) is 2.